The normalized spacial score (nSPS) is 11.3. The minimum atomic E-state index is -4.54. The highest BCUT2D eigenvalue weighted by Gasteiger charge is 2.31. The molecule has 0 aliphatic heterocycles. The van der Waals surface area contributed by atoms with E-state index in [0.717, 1.165) is 12.1 Å². The predicted molar refractivity (Wildman–Crippen MR) is 91.1 cm³/mol. The van der Waals surface area contributed by atoms with Gasteiger partial charge in [0.05, 0.1) is 17.7 Å². The predicted octanol–water partition coefficient (Wildman–Crippen LogP) is 3.44. The number of methoxy groups -OCH3 is 1. The maximum absolute atomic E-state index is 13.0. The van der Waals surface area contributed by atoms with Crippen LogP contribution in [0.5, 0.6) is 5.75 Å². The van der Waals surface area contributed by atoms with Crippen LogP contribution in [0, 0.1) is 0 Å². The van der Waals surface area contributed by atoms with E-state index in [1.807, 2.05) is 0 Å². The molecule has 2 aromatic carbocycles. The molecule has 0 unspecified atom stereocenters. The van der Waals surface area contributed by atoms with Crippen LogP contribution in [0.4, 0.5) is 18.9 Å². The van der Waals surface area contributed by atoms with Gasteiger partial charge < -0.3 is 20.5 Å². The number of alkyl halides is 3. The summed E-state index contributed by atoms with van der Waals surface area (Å²) in [5.41, 5.74) is 5.06. The van der Waals surface area contributed by atoms with E-state index in [1.54, 1.807) is 18.2 Å². The average Bonchev–Trinajstić information content (AvgIpc) is 2.61. The Kier molecular flexibility index (Phi) is 6.59. The molecule has 2 rings (SSSR count). The summed E-state index contributed by atoms with van der Waals surface area (Å²) < 4.78 is 49.3. The highest BCUT2D eigenvalue weighted by atomic mass is 19.4. The monoisotopic (exact) mass is 368 g/mol. The standard InChI is InChI=1S/C18H19F3N2O3/c1-25-6-7-26-16-5-3-2-4-15(16)17(24)23-14-9-12(11-22)8-13(10-14)18(19,20)21/h2-5,8-10H,6-7,11,22H2,1H3,(H,23,24). The lowest BCUT2D eigenvalue weighted by atomic mass is 10.1. The molecule has 0 aromatic heterocycles. The summed E-state index contributed by atoms with van der Waals surface area (Å²) in [6.07, 6.45) is -4.54. The molecule has 1 amide bonds. The zero-order valence-electron chi connectivity index (χ0n) is 14.1. The maximum atomic E-state index is 13.0. The molecule has 8 heteroatoms. The number of nitrogens with one attached hydrogen (secondary N) is 1. The van der Waals surface area contributed by atoms with Crippen LogP contribution in [0.3, 0.4) is 0 Å². The van der Waals surface area contributed by atoms with Crippen molar-refractivity contribution in [3.8, 4) is 5.75 Å². The van der Waals surface area contributed by atoms with Gasteiger partial charge in [-0.15, -0.1) is 0 Å². The van der Waals surface area contributed by atoms with Gasteiger partial charge in [-0.2, -0.15) is 13.2 Å². The van der Waals surface area contributed by atoms with Gasteiger partial charge in [0.1, 0.15) is 12.4 Å². The number of rotatable bonds is 7. The molecule has 0 saturated carbocycles. The molecular formula is C18H19F3N2O3. The number of hydrogen-bond acceptors (Lipinski definition) is 4. The molecular weight excluding hydrogens is 349 g/mol. The molecule has 0 atom stereocenters. The van der Waals surface area contributed by atoms with Crippen molar-refractivity contribution in [3.05, 3.63) is 59.2 Å². The van der Waals surface area contributed by atoms with Crippen LogP contribution in [0.25, 0.3) is 0 Å². The SMILES string of the molecule is COCCOc1ccccc1C(=O)Nc1cc(CN)cc(C(F)(F)F)c1. The molecule has 140 valence electrons. The molecule has 0 fully saturated rings. The smallest absolute Gasteiger partial charge is 0.416 e. The molecule has 0 aliphatic carbocycles. The fourth-order valence-corrected chi connectivity index (χ4v) is 2.26. The van der Waals surface area contributed by atoms with Gasteiger partial charge in [-0.1, -0.05) is 12.1 Å². The molecule has 0 radical (unpaired) electrons. The van der Waals surface area contributed by atoms with Gasteiger partial charge >= 0.3 is 6.18 Å². The number of nitrogens with two attached hydrogens (primary N) is 1. The topological polar surface area (TPSA) is 73.6 Å². The van der Waals surface area contributed by atoms with Crippen LogP contribution >= 0.6 is 0 Å². The first kappa shape index (κ1) is 19.7. The Bertz CT molecular complexity index is 764. The average molecular weight is 368 g/mol. The molecule has 2 aromatic rings. The second-order valence-corrected chi connectivity index (χ2v) is 5.41. The molecule has 0 aliphatic rings. The van der Waals surface area contributed by atoms with E-state index >= 15 is 0 Å². The summed E-state index contributed by atoms with van der Waals surface area (Å²) in [5, 5.41) is 2.47. The van der Waals surface area contributed by atoms with Crippen molar-refractivity contribution in [1.29, 1.82) is 0 Å². The zero-order valence-corrected chi connectivity index (χ0v) is 14.1. The second-order valence-electron chi connectivity index (χ2n) is 5.41. The fourth-order valence-electron chi connectivity index (χ4n) is 2.26. The summed E-state index contributed by atoms with van der Waals surface area (Å²) in [7, 11) is 1.52. The first-order valence-corrected chi connectivity index (χ1v) is 7.78. The third-order valence-electron chi connectivity index (χ3n) is 3.49. The van der Waals surface area contributed by atoms with Crippen LogP contribution in [0.15, 0.2) is 42.5 Å². The van der Waals surface area contributed by atoms with E-state index in [-0.39, 0.29) is 30.0 Å². The number of carbonyl (C=O) groups excluding carboxylic acids is 1. The number of carbonyl (C=O) groups is 1. The lowest BCUT2D eigenvalue weighted by Crippen LogP contribution is -2.16. The Morgan fingerprint density at radius 1 is 1.15 bits per heavy atom. The van der Waals surface area contributed by atoms with Crippen LogP contribution in [-0.2, 0) is 17.5 Å². The lowest BCUT2D eigenvalue weighted by Gasteiger charge is -2.14. The van der Waals surface area contributed by atoms with E-state index in [0.29, 0.717) is 12.4 Å². The molecule has 0 spiro atoms. The summed E-state index contributed by atoms with van der Waals surface area (Å²) in [5.74, 6) is -0.270. The maximum Gasteiger partial charge on any atom is 0.416 e. The summed E-state index contributed by atoms with van der Waals surface area (Å²) in [6, 6.07) is 9.67. The van der Waals surface area contributed by atoms with Crippen LogP contribution in [0.2, 0.25) is 0 Å². The van der Waals surface area contributed by atoms with Gasteiger partial charge in [-0.3, -0.25) is 4.79 Å². The highest BCUT2D eigenvalue weighted by molar-refractivity contribution is 6.06. The van der Waals surface area contributed by atoms with Gasteiger partial charge in [0.2, 0.25) is 0 Å². The van der Waals surface area contributed by atoms with Gasteiger partial charge in [0.25, 0.3) is 5.91 Å². The molecule has 0 bridgehead atoms. The summed E-state index contributed by atoms with van der Waals surface area (Å²) in [6.45, 7) is 0.495. The van der Waals surface area contributed by atoms with Crippen molar-refractivity contribution in [2.75, 3.05) is 25.6 Å². The summed E-state index contributed by atoms with van der Waals surface area (Å²) in [4.78, 5) is 12.5. The Balaban J connectivity index is 2.25. The molecule has 5 nitrogen and oxygen atoms in total. The van der Waals surface area contributed by atoms with Gasteiger partial charge in [-0.25, -0.2) is 0 Å². The minimum Gasteiger partial charge on any atom is -0.490 e. The Labute approximate surface area is 148 Å². The Morgan fingerprint density at radius 2 is 1.88 bits per heavy atom. The quantitative estimate of drug-likeness (QED) is 0.735. The van der Waals surface area contributed by atoms with Crippen molar-refractivity contribution < 1.29 is 27.4 Å². The largest absolute Gasteiger partial charge is 0.490 e. The number of benzene rings is 2. The molecule has 3 N–H and O–H groups in total. The highest BCUT2D eigenvalue weighted by Crippen LogP contribution is 2.32. The van der Waals surface area contributed by atoms with Crippen molar-refractivity contribution in [2.24, 2.45) is 5.73 Å². The fraction of sp³-hybridized carbons (Fsp3) is 0.278. The van der Waals surface area contributed by atoms with Crippen LogP contribution in [0.1, 0.15) is 21.5 Å². The van der Waals surface area contributed by atoms with E-state index < -0.39 is 17.6 Å². The number of para-hydroxylation sites is 1. The van der Waals surface area contributed by atoms with Gasteiger partial charge in [0, 0.05) is 19.3 Å². The summed E-state index contributed by atoms with van der Waals surface area (Å²) >= 11 is 0. The van der Waals surface area contributed by atoms with E-state index in [4.69, 9.17) is 15.2 Å². The number of anilines is 1. The molecule has 0 saturated heterocycles. The Morgan fingerprint density at radius 3 is 2.54 bits per heavy atom. The lowest BCUT2D eigenvalue weighted by molar-refractivity contribution is -0.137. The van der Waals surface area contributed by atoms with Gasteiger partial charge in [0.15, 0.2) is 0 Å². The van der Waals surface area contributed by atoms with Crippen LogP contribution in [-0.4, -0.2) is 26.2 Å². The van der Waals surface area contributed by atoms with Gasteiger partial charge in [-0.05, 0) is 35.9 Å². The second kappa shape index (κ2) is 8.68. The number of amides is 1. The molecule has 0 heterocycles. The van der Waals surface area contributed by atoms with Crippen molar-refractivity contribution in [2.45, 2.75) is 12.7 Å². The first-order chi connectivity index (χ1) is 12.3. The van der Waals surface area contributed by atoms with E-state index in [1.165, 1.54) is 19.2 Å². The first-order valence-electron chi connectivity index (χ1n) is 7.78. The van der Waals surface area contributed by atoms with Crippen LogP contribution < -0.4 is 15.8 Å². The van der Waals surface area contributed by atoms with Crippen molar-refractivity contribution >= 4 is 11.6 Å². The van der Waals surface area contributed by atoms with Crippen molar-refractivity contribution in [3.63, 3.8) is 0 Å². The number of hydrogen-bond donors (Lipinski definition) is 2. The van der Waals surface area contributed by atoms with E-state index in [9.17, 15) is 18.0 Å². The molecule has 26 heavy (non-hydrogen) atoms. The number of ether oxygens (including phenoxy) is 2. The Hall–Kier alpha value is -2.58. The third-order valence-corrected chi connectivity index (χ3v) is 3.49. The zero-order chi connectivity index (χ0) is 19.2. The minimum absolute atomic E-state index is 0.0111. The third kappa shape index (κ3) is 5.21. The van der Waals surface area contributed by atoms with Crippen molar-refractivity contribution in [1.82, 2.24) is 0 Å². The van der Waals surface area contributed by atoms with E-state index in [2.05, 4.69) is 5.32 Å². The number of halogens is 3.